The van der Waals surface area contributed by atoms with E-state index in [0.717, 1.165) is 47.3 Å². The van der Waals surface area contributed by atoms with Gasteiger partial charge in [-0.1, -0.05) is 111 Å². The molecule has 0 atom stereocenters. The molecule has 0 unspecified atom stereocenters. The van der Waals surface area contributed by atoms with Gasteiger partial charge in [-0.2, -0.15) is 0 Å². The molecule has 0 heterocycles. The van der Waals surface area contributed by atoms with Crippen LogP contribution in [0.2, 0.25) is 0 Å². The number of quaternary nitrogens is 2. The Bertz CT molecular complexity index is 653. The molecule has 0 saturated heterocycles. The van der Waals surface area contributed by atoms with E-state index in [2.05, 4.69) is 111 Å². The zero-order valence-electron chi connectivity index (χ0n) is 37.4. The molecule has 0 radical (unpaired) electrons. The maximum atomic E-state index is 8.59. The maximum absolute atomic E-state index is 8.59. The van der Waals surface area contributed by atoms with Crippen LogP contribution in [0, 0.1) is 47.3 Å². The number of hydrogen-bond donors (Lipinski definition) is 0. The van der Waals surface area contributed by atoms with Gasteiger partial charge in [0.05, 0.1) is 52.4 Å². The summed E-state index contributed by atoms with van der Waals surface area (Å²) in [5.41, 5.74) is 0. The molecule has 328 valence electrons. The topological polar surface area (TPSA) is 238 Å². The van der Waals surface area contributed by atoms with Gasteiger partial charge in [-0.05, 0) is 98.7 Å². The first kappa shape index (κ1) is 69.7. The summed E-state index contributed by atoms with van der Waals surface area (Å²) in [6.07, 6.45) is 11.1. The first-order valence-electron chi connectivity index (χ1n) is 19.7. The molecule has 0 aromatic carbocycles. The first-order chi connectivity index (χ1) is 21.3. The van der Waals surface area contributed by atoms with Crippen molar-refractivity contribution in [2.24, 2.45) is 47.3 Å². The Morgan fingerprint density at radius 1 is 0.308 bits per heavy atom. The Labute approximate surface area is 326 Å². The summed E-state index contributed by atoms with van der Waals surface area (Å²) in [5.74, 6) is 6.66. The third-order valence-corrected chi connectivity index (χ3v) is 9.45. The van der Waals surface area contributed by atoms with E-state index >= 15 is 0 Å². The minimum atomic E-state index is -5.75. The van der Waals surface area contributed by atoms with Gasteiger partial charge in [0.25, 0.3) is 0 Å². The SMILES string of the molecule is CC(C)CC[N+](CCC(C)C)(CCC(C)C)CCC(C)C.CC(C)CC[N+](CCC(C)C)(CCC(C)C)CCC(C)C.O.O.O.O.O.[O]=[Cr](=[O])([O-])[O-]. The Kier molecular flexibility index (Phi) is 50.5. The second kappa shape index (κ2) is 37.7. The third-order valence-electron chi connectivity index (χ3n) is 9.45. The average molecular weight is 803 g/mol. The van der Waals surface area contributed by atoms with Gasteiger partial charge >= 0.3 is 29.5 Å². The van der Waals surface area contributed by atoms with E-state index in [1.807, 2.05) is 0 Å². The Morgan fingerprint density at radius 3 is 0.442 bits per heavy atom. The molecule has 0 fully saturated rings. The van der Waals surface area contributed by atoms with E-state index in [-0.39, 0.29) is 27.4 Å². The second-order valence-electron chi connectivity index (χ2n) is 18.3. The Hall–Kier alpha value is -0.228. The van der Waals surface area contributed by atoms with E-state index in [1.54, 1.807) is 0 Å². The van der Waals surface area contributed by atoms with Crippen LogP contribution in [0.4, 0.5) is 0 Å². The molecule has 0 bridgehead atoms. The summed E-state index contributed by atoms with van der Waals surface area (Å²) >= 11 is -5.75. The van der Waals surface area contributed by atoms with Crippen molar-refractivity contribution in [1.82, 2.24) is 0 Å². The van der Waals surface area contributed by atoms with Crippen molar-refractivity contribution in [3.05, 3.63) is 0 Å². The Balaban J connectivity index is -0.000000101. The third kappa shape index (κ3) is 51.9. The summed E-state index contributed by atoms with van der Waals surface area (Å²) in [6, 6.07) is 0. The predicted molar refractivity (Wildman–Crippen MR) is 215 cm³/mol. The van der Waals surface area contributed by atoms with E-state index in [0.29, 0.717) is 0 Å². The van der Waals surface area contributed by atoms with Gasteiger partial charge in [-0.15, -0.1) is 0 Å². The van der Waals surface area contributed by atoms with Crippen LogP contribution in [0.1, 0.15) is 162 Å². The minimum absolute atomic E-state index is 0. The van der Waals surface area contributed by atoms with Crippen LogP contribution < -0.4 is 8.32 Å². The Morgan fingerprint density at radius 2 is 0.385 bits per heavy atom. The van der Waals surface area contributed by atoms with Crippen molar-refractivity contribution < 1.29 is 65.9 Å². The summed E-state index contributed by atoms with van der Waals surface area (Å²) in [4.78, 5) is 0. The molecule has 52 heavy (non-hydrogen) atoms. The van der Waals surface area contributed by atoms with Crippen LogP contribution in [0.15, 0.2) is 0 Å². The van der Waals surface area contributed by atoms with E-state index in [9.17, 15) is 0 Å². The summed E-state index contributed by atoms with van der Waals surface area (Å²) in [6.45, 7) is 49.2. The fraction of sp³-hybridized carbons (Fsp3) is 1.00. The fourth-order valence-corrected chi connectivity index (χ4v) is 5.60. The molecule has 12 heteroatoms. The van der Waals surface area contributed by atoms with Crippen LogP contribution in [-0.2, 0) is 21.2 Å². The van der Waals surface area contributed by atoms with Gasteiger partial charge in [0.15, 0.2) is 0 Å². The average Bonchev–Trinajstić information content (AvgIpc) is 2.90. The second-order valence-corrected chi connectivity index (χ2v) is 19.6. The molecular weight excluding hydrogens is 704 g/mol. The zero-order valence-corrected chi connectivity index (χ0v) is 38.6. The number of nitrogens with zero attached hydrogens (tertiary/aromatic N) is 2. The normalized spacial score (nSPS) is 11.7. The van der Waals surface area contributed by atoms with Crippen LogP contribution in [0.3, 0.4) is 0 Å². The predicted octanol–water partition coefficient (Wildman–Crippen LogP) is 5.23. The van der Waals surface area contributed by atoms with E-state index in [4.69, 9.17) is 15.9 Å². The number of rotatable bonds is 24. The molecule has 0 rings (SSSR count). The molecule has 11 nitrogen and oxygen atoms in total. The van der Waals surface area contributed by atoms with Crippen LogP contribution in [0.5, 0.6) is 0 Å². The monoisotopic (exact) mass is 803 g/mol. The van der Waals surface area contributed by atoms with Gasteiger partial charge in [0.1, 0.15) is 0 Å². The molecule has 0 aliphatic rings. The van der Waals surface area contributed by atoms with Crippen LogP contribution >= 0.6 is 0 Å². The van der Waals surface area contributed by atoms with Crippen molar-refractivity contribution in [3.8, 4) is 0 Å². The molecule has 0 aromatic rings. The van der Waals surface area contributed by atoms with Crippen LogP contribution in [0.25, 0.3) is 0 Å². The van der Waals surface area contributed by atoms with Gasteiger partial charge in [-0.3, -0.25) is 0 Å². The van der Waals surface area contributed by atoms with E-state index < -0.39 is 13.6 Å². The summed E-state index contributed by atoms with van der Waals surface area (Å²) in [7, 11) is 0. The van der Waals surface area contributed by atoms with Gasteiger partial charge in [0, 0.05) is 0 Å². The standard InChI is InChI=1S/2C20H44N.Cr.5H2O.4O/c2*1-17(2)9-13-21(14-10-18(3)4,15-11-19(5)6)16-12-20(7)8;;;;;;;;;;/h2*17-20H,9-16H2,1-8H3;;5*1H2;;;;/q2*+1;;;;;;;;;2*-1. The molecule has 0 aliphatic carbocycles. The first-order valence-corrected chi connectivity index (χ1v) is 21.8. The van der Waals surface area contributed by atoms with Crippen molar-refractivity contribution in [2.45, 2.75) is 162 Å². The number of hydrogen-bond acceptors (Lipinski definition) is 4. The van der Waals surface area contributed by atoms with Crippen molar-refractivity contribution in [3.63, 3.8) is 0 Å². The molecule has 10 N–H and O–H groups in total. The molecule has 0 aliphatic heterocycles. The van der Waals surface area contributed by atoms with Gasteiger partial charge in [0.2, 0.25) is 0 Å². The molecule has 0 amide bonds. The summed E-state index contributed by atoms with van der Waals surface area (Å²) in [5, 5.41) is 0. The fourth-order valence-electron chi connectivity index (χ4n) is 5.60. The molecule has 0 aromatic heterocycles. The molecular formula is C40H98CrN2O9. The van der Waals surface area contributed by atoms with E-state index in [1.165, 1.54) is 113 Å². The zero-order chi connectivity index (χ0) is 37.4. The molecule has 0 saturated carbocycles. The van der Waals surface area contributed by atoms with Crippen LogP contribution in [-0.4, -0.2) is 88.7 Å². The summed E-state index contributed by atoms with van der Waals surface area (Å²) < 4.78 is 37.1. The van der Waals surface area contributed by atoms with Crippen molar-refractivity contribution >= 4 is 0 Å². The van der Waals surface area contributed by atoms with Gasteiger partial charge < -0.3 is 36.3 Å². The molecule has 0 spiro atoms. The quantitative estimate of drug-likeness (QED) is 0.119. The van der Waals surface area contributed by atoms with Crippen molar-refractivity contribution in [2.75, 3.05) is 52.4 Å². The van der Waals surface area contributed by atoms with Crippen molar-refractivity contribution in [1.29, 1.82) is 0 Å². The van der Waals surface area contributed by atoms with Gasteiger partial charge in [-0.25, -0.2) is 0 Å².